The number of benzene rings is 2. The van der Waals surface area contributed by atoms with Crippen LogP contribution in [0.4, 0.5) is 0 Å². The standard InChI is InChI=1S/2C6H5.HI.Sn/c2*1-2-4-6-5-3-1;;/h2*1-5H;1H;. The van der Waals surface area contributed by atoms with Gasteiger partial charge in [-0.05, 0) is 0 Å². The summed E-state index contributed by atoms with van der Waals surface area (Å²) in [6, 6.07) is 21.6. The van der Waals surface area contributed by atoms with Gasteiger partial charge >= 0.3 is 89.0 Å². The quantitative estimate of drug-likeness (QED) is 0.534. The summed E-state index contributed by atoms with van der Waals surface area (Å²) < 4.78 is 3.08. The second-order valence-electron chi connectivity index (χ2n) is 2.86. The van der Waals surface area contributed by atoms with Gasteiger partial charge < -0.3 is 0 Å². The molecule has 2 aromatic rings. The van der Waals surface area contributed by atoms with Crippen LogP contribution in [-0.2, 0) is 0 Å². The maximum absolute atomic E-state index is 2.24. The number of hydrogen-bond donors (Lipinski definition) is 0. The summed E-state index contributed by atoms with van der Waals surface area (Å²) in [4.78, 5) is 0. The molecule has 0 spiro atoms. The van der Waals surface area contributed by atoms with E-state index in [1.165, 1.54) is 7.16 Å². The molecule has 2 heteroatoms. The fourth-order valence-electron chi connectivity index (χ4n) is 1.21. The van der Waals surface area contributed by atoms with Crippen molar-refractivity contribution in [2.75, 3.05) is 0 Å². The fourth-order valence-corrected chi connectivity index (χ4v) is 4.21. The van der Waals surface area contributed by atoms with Crippen LogP contribution in [0.15, 0.2) is 60.7 Å². The van der Waals surface area contributed by atoms with E-state index >= 15 is 0 Å². The summed E-state index contributed by atoms with van der Waals surface area (Å²) in [5.41, 5.74) is 0. The summed E-state index contributed by atoms with van der Waals surface area (Å²) in [5, 5.41) is 0. The minimum atomic E-state index is -0.517. The van der Waals surface area contributed by atoms with Crippen LogP contribution in [0.1, 0.15) is 0 Å². The van der Waals surface area contributed by atoms with Crippen LogP contribution in [0.25, 0.3) is 0 Å². The summed E-state index contributed by atoms with van der Waals surface area (Å²) in [6.45, 7) is 0. The van der Waals surface area contributed by atoms with Gasteiger partial charge in [-0.25, -0.2) is 0 Å². The molecule has 70 valence electrons. The molecule has 0 aromatic heterocycles. The van der Waals surface area contributed by atoms with Crippen LogP contribution in [0.5, 0.6) is 0 Å². The molecule has 0 aliphatic rings. The van der Waals surface area contributed by atoms with Crippen molar-refractivity contribution in [2.24, 2.45) is 0 Å². The Bertz CT molecular complexity index is 321. The Kier molecular flexibility index (Phi) is 5.55. The van der Waals surface area contributed by atoms with E-state index in [2.05, 4.69) is 60.7 Å². The third kappa shape index (κ3) is 3.61. The molecule has 2 aromatic carbocycles. The van der Waals surface area contributed by atoms with Gasteiger partial charge in [-0.2, -0.15) is 0 Å². The summed E-state index contributed by atoms with van der Waals surface area (Å²) >= 11 is -0.517. The Morgan fingerprint density at radius 3 is 1.29 bits per heavy atom. The van der Waals surface area contributed by atoms with Crippen LogP contribution in [-0.4, -0.2) is 21.1 Å². The second kappa shape index (κ2) is 6.45. The van der Waals surface area contributed by atoms with E-state index in [0.717, 1.165) is 0 Å². The van der Waals surface area contributed by atoms with Crippen LogP contribution in [0.2, 0.25) is 0 Å². The molecule has 2 rings (SSSR count). The third-order valence-corrected chi connectivity index (χ3v) is 5.39. The molecule has 0 saturated heterocycles. The number of hydrogen-bond acceptors (Lipinski definition) is 0. The van der Waals surface area contributed by atoms with Gasteiger partial charge in [0.1, 0.15) is 0 Å². The first-order valence-electron chi connectivity index (χ1n) is 4.32. The van der Waals surface area contributed by atoms with Crippen LogP contribution in [0.3, 0.4) is 0 Å². The molecular formula is C12H11ISn. The van der Waals surface area contributed by atoms with E-state index in [4.69, 9.17) is 0 Å². The monoisotopic (exact) mass is 402 g/mol. The van der Waals surface area contributed by atoms with Crippen molar-refractivity contribution in [3.63, 3.8) is 0 Å². The predicted molar refractivity (Wildman–Crippen MR) is 73.3 cm³/mol. The van der Waals surface area contributed by atoms with Gasteiger partial charge in [0.05, 0.1) is 0 Å². The van der Waals surface area contributed by atoms with Gasteiger partial charge in [-0.15, -0.1) is 24.0 Å². The molecule has 0 nitrogen and oxygen atoms in total. The van der Waals surface area contributed by atoms with Crippen molar-refractivity contribution in [1.29, 1.82) is 0 Å². The molecule has 0 aliphatic carbocycles. The molecule has 0 N–H and O–H groups in total. The SMILES string of the molecule is I.c1cc[c]([Sn][c]2ccccc2)cc1. The molecule has 0 unspecified atom stereocenters. The first-order chi connectivity index (χ1) is 6.45. The van der Waals surface area contributed by atoms with Crippen LogP contribution in [0, 0.1) is 0 Å². The Morgan fingerprint density at radius 2 is 0.929 bits per heavy atom. The van der Waals surface area contributed by atoms with Gasteiger partial charge in [0.15, 0.2) is 0 Å². The number of halogens is 1. The molecule has 0 aliphatic heterocycles. The van der Waals surface area contributed by atoms with E-state index < -0.39 is 21.1 Å². The van der Waals surface area contributed by atoms with Crippen molar-refractivity contribution < 1.29 is 0 Å². The van der Waals surface area contributed by atoms with Crippen molar-refractivity contribution in [2.45, 2.75) is 0 Å². The van der Waals surface area contributed by atoms with E-state index in [9.17, 15) is 0 Å². The zero-order chi connectivity index (χ0) is 8.93. The first kappa shape index (κ1) is 12.0. The third-order valence-electron chi connectivity index (χ3n) is 1.84. The van der Waals surface area contributed by atoms with E-state index in [0.29, 0.717) is 0 Å². The van der Waals surface area contributed by atoms with Crippen LogP contribution >= 0.6 is 24.0 Å². The Hall–Kier alpha value is -0.0313. The van der Waals surface area contributed by atoms with Crippen molar-refractivity contribution in [3.8, 4) is 0 Å². The molecule has 2 radical (unpaired) electrons. The zero-order valence-corrected chi connectivity index (χ0v) is 12.9. The molecule has 0 fully saturated rings. The first-order valence-corrected chi connectivity index (χ1v) is 7.18. The molecule has 14 heavy (non-hydrogen) atoms. The fraction of sp³-hybridized carbons (Fsp3) is 0. The predicted octanol–water partition coefficient (Wildman–Crippen LogP) is 1.96. The average Bonchev–Trinajstić information content (AvgIpc) is 2.21. The molecular weight excluding hydrogens is 390 g/mol. The average molecular weight is 401 g/mol. The second-order valence-corrected chi connectivity index (χ2v) is 6.87. The minimum absolute atomic E-state index is 0. The zero-order valence-electron chi connectivity index (χ0n) is 7.68. The van der Waals surface area contributed by atoms with Gasteiger partial charge in [-0.3, -0.25) is 0 Å². The van der Waals surface area contributed by atoms with Gasteiger partial charge in [-0.1, -0.05) is 0 Å². The topological polar surface area (TPSA) is 0 Å². The summed E-state index contributed by atoms with van der Waals surface area (Å²) in [7, 11) is 0. The normalized spacial score (nSPS) is 9.14. The molecule has 0 heterocycles. The van der Waals surface area contributed by atoms with Gasteiger partial charge in [0.25, 0.3) is 0 Å². The van der Waals surface area contributed by atoms with Crippen molar-refractivity contribution >= 4 is 52.3 Å². The maximum atomic E-state index is 2.24. The van der Waals surface area contributed by atoms with E-state index in [1.54, 1.807) is 0 Å². The molecule has 0 saturated carbocycles. The Balaban J connectivity index is 0.000000980. The Labute approximate surface area is 112 Å². The molecule has 0 atom stereocenters. The van der Waals surface area contributed by atoms with E-state index in [-0.39, 0.29) is 24.0 Å². The number of rotatable bonds is 2. The summed E-state index contributed by atoms with van der Waals surface area (Å²) in [5.74, 6) is 0. The van der Waals surface area contributed by atoms with E-state index in [1.807, 2.05) is 0 Å². The molecule has 0 bridgehead atoms. The van der Waals surface area contributed by atoms with Crippen molar-refractivity contribution in [3.05, 3.63) is 60.7 Å². The van der Waals surface area contributed by atoms with Crippen LogP contribution < -0.4 is 7.16 Å². The van der Waals surface area contributed by atoms with Crippen molar-refractivity contribution in [1.82, 2.24) is 0 Å². The van der Waals surface area contributed by atoms with Gasteiger partial charge in [0.2, 0.25) is 0 Å². The molecule has 0 amide bonds. The Morgan fingerprint density at radius 1 is 0.571 bits per heavy atom. The summed E-state index contributed by atoms with van der Waals surface area (Å²) in [6.07, 6.45) is 0. The van der Waals surface area contributed by atoms with Gasteiger partial charge in [0, 0.05) is 0 Å².